The van der Waals surface area contributed by atoms with Gasteiger partial charge in [-0.2, -0.15) is 0 Å². The number of aromatic amines is 1. The maximum atomic E-state index is 5.96. The fourth-order valence-corrected chi connectivity index (χ4v) is 3.47. The van der Waals surface area contributed by atoms with Gasteiger partial charge in [0.05, 0.1) is 10.5 Å². The molecule has 96 valence electrons. The molecule has 1 aliphatic carbocycles. The highest BCUT2D eigenvalue weighted by Crippen LogP contribution is 2.34. The van der Waals surface area contributed by atoms with E-state index >= 15 is 0 Å². The highest BCUT2D eigenvalue weighted by Gasteiger charge is 2.23. The molecule has 0 spiro atoms. The molecule has 0 aliphatic heterocycles. The van der Waals surface area contributed by atoms with Crippen molar-refractivity contribution in [3.8, 4) is 0 Å². The van der Waals surface area contributed by atoms with Crippen LogP contribution >= 0.6 is 23.8 Å². The van der Waals surface area contributed by atoms with Crippen molar-refractivity contribution in [3.63, 3.8) is 0 Å². The fraction of sp³-hybridized carbons (Fsp3) is 0.538. The number of imidazole rings is 1. The van der Waals surface area contributed by atoms with Crippen molar-refractivity contribution in [1.82, 2.24) is 14.5 Å². The maximum Gasteiger partial charge on any atom is 0.179 e. The number of halogens is 1. The lowest BCUT2D eigenvalue weighted by Gasteiger charge is -2.27. The first-order valence-electron chi connectivity index (χ1n) is 6.41. The molecule has 18 heavy (non-hydrogen) atoms. The Hall–Kier alpha value is -0.870. The van der Waals surface area contributed by atoms with Gasteiger partial charge in [0.15, 0.2) is 10.4 Å². The molecule has 3 rings (SSSR count). The second-order valence-electron chi connectivity index (χ2n) is 5.25. The van der Waals surface area contributed by atoms with E-state index in [1.807, 2.05) is 6.07 Å². The van der Waals surface area contributed by atoms with E-state index < -0.39 is 0 Å². The van der Waals surface area contributed by atoms with Crippen LogP contribution in [-0.2, 0) is 0 Å². The molecule has 0 saturated heterocycles. The summed E-state index contributed by atoms with van der Waals surface area (Å²) in [7, 11) is 0. The van der Waals surface area contributed by atoms with E-state index in [9.17, 15) is 0 Å². The molecule has 1 saturated carbocycles. The van der Waals surface area contributed by atoms with Crippen molar-refractivity contribution in [1.29, 1.82) is 0 Å². The smallest absolute Gasteiger partial charge is 0.179 e. The molecule has 2 aromatic heterocycles. The van der Waals surface area contributed by atoms with Crippen molar-refractivity contribution >= 4 is 35.0 Å². The van der Waals surface area contributed by atoms with Crippen LogP contribution in [0.25, 0.3) is 11.2 Å². The van der Waals surface area contributed by atoms with Crippen molar-refractivity contribution in [2.45, 2.75) is 38.6 Å². The largest absolute Gasteiger partial charge is 0.329 e. The highest BCUT2D eigenvalue weighted by atomic mass is 35.5. The van der Waals surface area contributed by atoms with Crippen LogP contribution in [0.4, 0.5) is 0 Å². The first-order valence-corrected chi connectivity index (χ1v) is 7.19. The van der Waals surface area contributed by atoms with E-state index in [0.717, 1.165) is 21.9 Å². The van der Waals surface area contributed by atoms with Crippen LogP contribution in [0.2, 0.25) is 5.02 Å². The zero-order chi connectivity index (χ0) is 12.7. The molecule has 2 unspecified atom stereocenters. The zero-order valence-electron chi connectivity index (χ0n) is 10.3. The molecule has 3 nitrogen and oxygen atoms in total. The minimum atomic E-state index is 0.476. The normalized spacial score (nSPS) is 24.6. The van der Waals surface area contributed by atoms with Gasteiger partial charge >= 0.3 is 0 Å². The number of pyridine rings is 1. The quantitative estimate of drug-likeness (QED) is 0.781. The molecule has 2 heterocycles. The van der Waals surface area contributed by atoms with Gasteiger partial charge in [0.1, 0.15) is 0 Å². The van der Waals surface area contributed by atoms with Crippen molar-refractivity contribution < 1.29 is 0 Å². The van der Waals surface area contributed by atoms with Gasteiger partial charge in [-0.25, -0.2) is 4.98 Å². The third-order valence-electron chi connectivity index (χ3n) is 3.80. The number of rotatable bonds is 1. The molecule has 0 bridgehead atoms. The van der Waals surface area contributed by atoms with Gasteiger partial charge < -0.3 is 4.98 Å². The molecular formula is C13H16ClN3S. The molecule has 2 aromatic rings. The standard InChI is InChI=1S/C13H16ClN3S/c1-8-3-2-4-10(5-8)17-12-11(16-13(17)18)6-9(14)7-15-12/h6-8,10H,2-5H2,1H3,(H,16,18). The average Bonchev–Trinajstić information content (AvgIpc) is 2.64. The minimum Gasteiger partial charge on any atom is -0.329 e. The monoisotopic (exact) mass is 281 g/mol. The van der Waals surface area contributed by atoms with Crippen LogP contribution in [0.3, 0.4) is 0 Å². The lowest BCUT2D eigenvalue weighted by atomic mass is 9.87. The summed E-state index contributed by atoms with van der Waals surface area (Å²) < 4.78 is 2.94. The Morgan fingerprint density at radius 1 is 1.50 bits per heavy atom. The summed E-state index contributed by atoms with van der Waals surface area (Å²) in [4.78, 5) is 7.65. The fourth-order valence-electron chi connectivity index (χ4n) is 2.96. The first-order chi connectivity index (χ1) is 8.65. The Kier molecular flexibility index (Phi) is 3.16. The molecule has 1 fully saturated rings. The van der Waals surface area contributed by atoms with E-state index in [1.54, 1.807) is 6.20 Å². The number of nitrogens with one attached hydrogen (secondary N) is 1. The summed E-state index contributed by atoms with van der Waals surface area (Å²) in [6.45, 7) is 2.31. The minimum absolute atomic E-state index is 0.476. The van der Waals surface area contributed by atoms with Gasteiger partial charge in [-0.05, 0) is 37.0 Å². The molecule has 0 aromatic carbocycles. The Balaban J connectivity index is 2.10. The Morgan fingerprint density at radius 2 is 2.33 bits per heavy atom. The molecule has 5 heteroatoms. The van der Waals surface area contributed by atoms with Crippen LogP contribution < -0.4 is 0 Å². The van der Waals surface area contributed by atoms with E-state index in [0.29, 0.717) is 11.1 Å². The van der Waals surface area contributed by atoms with Gasteiger partial charge in [-0.1, -0.05) is 31.4 Å². The Morgan fingerprint density at radius 3 is 3.11 bits per heavy atom. The summed E-state index contributed by atoms with van der Waals surface area (Å²) in [5.74, 6) is 0.767. The Labute approximate surface area is 116 Å². The third kappa shape index (κ3) is 2.08. The first kappa shape index (κ1) is 12.2. The second kappa shape index (κ2) is 4.67. The van der Waals surface area contributed by atoms with Crippen LogP contribution in [-0.4, -0.2) is 14.5 Å². The second-order valence-corrected chi connectivity index (χ2v) is 6.07. The lowest BCUT2D eigenvalue weighted by Crippen LogP contribution is -2.18. The van der Waals surface area contributed by atoms with Crippen LogP contribution in [0.15, 0.2) is 12.3 Å². The van der Waals surface area contributed by atoms with Crippen molar-refractivity contribution in [2.24, 2.45) is 5.92 Å². The van der Waals surface area contributed by atoms with Crippen LogP contribution in [0, 0.1) is 10.7 Å². The lowest BCUT2D eigenvalue weighted by molar-refractivity contribution is 0.284. The summed E-state index contributed by atoms with van der Waals surface area (Å²) in [6.07, 6.45) is 6.66. The number of H-pyrrole nitrogens is 1. The topological polar surface area (TPSA) is 33.6 Å². The summed E-state index contributed by atoms with van der Waals surface area (Å²) >= 11 is 11.4. The molecule has 1 aliphatic rings. The Bertz CT molecular complexity index is 631. The SMILES string of the molecule is CC1CCCC(n2c(=S)[nH]c3cc(Cl)cnc32)C1. The summed E-state index contributed by atoms with van der Waals surface area (Å²) in [5, 5.41) is 0.642. The molecule has 0 amide bonds. The van der Waals surface area contributed by atoms with Crippen LogP contribution in [0.5, 0.6) is 0 Å². The average molecular weight is 282 g/mol. The zero-order valence-corrected chi connectivity index (χ0v) is 11.9. The van der Waals surface area contributed by atoms with Gasteiger partial charge in [0.25, 0.3) is 0 Å². The van der Waals surface area contributed by atoms with E-state index in [-0.39, 0.29) is 0 Å². The number of hydrogen-bond acceptors (Lipinski definition) is 2. The number of nitrogens with zero attached hydrogens (tertiary/aromatic N) is 2. The van der Waals surface area contributed by atoms with E-state index in [1.165, 1.54) is 25.7 Å². The highest BCUT2D eigenvalue weighted by molar-refractivity contribution is 7.71. The van der Waals surface area contributed by atoms with Gasteiger partial charge in [0, 0.05) is 12.2 Å². The van der Waals surface area contributed by atoms with E-state index in [2.05, 4.69) is 21.5 Å². The summed E-state index contributed by atoms with van der Waals surface area (Å²) in [6, 6.07) is 2.37. The number of hydrogen-bond donors (Lipinski definition) is 1. The molecule has 1 N–H and O–H groups in total. The maximum absolute atomic E-state index is 5.96. The van der Waals surface area contributed by atoms with E-state index in [4.69, 9.17) is 23.8 Å². The predicted molar refractivity (Wildman–Crippen MR) is 76.6 cm³/mol. The van der Waals surface area contributed by atoms with Crippen molar-refractivity contribution in [3.05, 3.63) is 22.1 Å². The van der Waals surface area contributed by atoms with Gasteiger partial charge in [-0.3, -0.25) is 4.57 Å². The number of aromatic nitrogens is 3. The van der Waals surface area contributed by atoms with Gasteiger partial charge in [0.2, 0.25) is 0 Å². The molecule has 2 atom stereocenters. The van der Waals surface area contributed by atoms with Crippen LogP contribution in [0.1, 0.15) is 38.6 Å². The van der Waals surface area contributed by atoms with Gasteiger partial charge in [-0.15, -0.1) is 0 Å². The molecule has 0 radical (unpaired) electrons. The summed E-state index contributed by atoms with van der Waals surface area (Å²) in [5.41, 5.74) is 1.87. The number of fused-ring (bicyclic) bond motifs is 1. The molecular weight excluding hydrogens is 266 g/mol. The third-order valence-corrected chi connectivity index (χ3v) is 4.30. The predicted octanol–water partition coefficient (Wildman–Crippen LogP) is 4.50. The van der Waals surface area contributed by atoms with Crippen molar-refractivity contribution in [2.75, 3.05) is 0 Å².